The molecule has 0 saturated heterocycles. The summed E-state index contributed by atoms with van der Waals surface area (Å²) in [7, 11) is 0. The van der Waals surface area contributed by atoms with Gasteiger partial charge in [-0.2, -0.15) is 0 Å². The van der Waals surface area contributed by atoms with Crippen LogP contribution in [-0.2, 0) is 16.0 Å². The molecule has 2 aromatic carbocycles. The SMILES string of the molecule is O=C(NC1CCCC1)[C@@H](c1ccccc1)N(C(=O)Cc1cccs1)c1ccc(Cl)cc1. The van der Waals surface area contributed by atoms with Crippen LogP contribution in [0.15, 0.2) is 72.1 Å². The maximum absolute atomic E-state index is 13.6. The predicted octanol–water partition coefficient (Wildman–Crippen LogP) is 5.78. The quantitative estimate of drug-likeness (QED) is 0.494. The molecule has 0 spiro atoms. The molecule has 0 radical (unpaired) electrons. The van der Waals surface area contributed by atoms with Crippen molar-refractivity contribution in [2.24, 2.45) is 0 Å². The topological polar surface area (TPSA) is 49.4 Å². The van der Waals surface area contributed by atoms with E-state index in [1.165, 1.54) is 11.3 Å². The van der Waals surface area contributed by atoms with Crippen molar-refractivity contribution >= 4 is 40.4 Å². The van der Waals surface area contributed by atoms with Crippen LogP contribution in [0.3, 0.4) is 0 Å². The van der Waals surface area contributed by atoms with Crippen molar-refractivity contribution in [2.45, 2.75) is 44.2 Å². The van der Waals surface area contributed by atoms with Crippen molar-refractivity contribution in [3.05, 3.63) is 87.6 Å². The molecule has 31 heavy (non-hydrogen) atoms. The Morgan fingerprint density at radius 1 is 1.00 bits per heavy atom. The summed E-state index contributed by atoms with van der Waals surface area (Å²) in [5.74, 6) is -0.271. The molecule has 1 aromatic heterocycles. The van der Waals surface area contributed by atoms with Gasteiger partial charge in [-0.1, -0.05) is 60.8 Å². The lowest BCUT2D eigenvalue weighted by Crippen LogP contribution is -2.46. The van der Waals surface area contributed by atoms with Crippen LogP contribution in [0.4, 0.5) is 5.69 Å². The molecular weight excluding hydrogens is 428 g/mol. The predicted molar refractivity (Wildman–Crippen MR) is 127 cm³/mol. The second kappa shape index (κ2) is 10.1. The average Bonchev–Trinajstić information content (AvgIpc) is 3.47. The zero-order valence-electron chi connectivity index (χ0n) is 17.2. The van der Waals surface area contributed by atoms with Gasteiger partial charge >= 0.3 is 0 Å². The number of rotatable bonds is 7. The third-order valence-electron chi connectivity index (χ3n) is 5.60. The average molecular weight is 453 g/mol. The molecule has 0 unspecified atom stereocenters. The standard InChI is InChI=1S/C25H25ClN2O2S/c26-19-12-14-21(15-13-19)28(23(29)17-22-11-6-16-31-22)24(18-7-2-1-3-8-18)25(30)27-20-9-4-5-10-20/h1-3,6-8,11-16,20,24H,4-5,9-10,17H2,(H,27,30)/t24-/m1/s1. The molecule has 1 fully saturated rings. The number of hydrogen-bond acceptors (Lipinski definition) is 3. The number of anilines is 1. The summed E-state index contributed by atoms with van der Waals surface area (Å²) >= 11 is 7.64. The van der Waals surface area contributed by atoms with E-state index in [1.807, 2.05) is 47.8 Å². The molecule has 1 N–H and O–H groups in total. The van der Waals surface area contributed by atoms with Crippen molar-refractivity contribution in [3.8, 4) is 0 Å². The number of carbonyl (C=O) groups excluding carboxylic acids is 2. The number of benzene rings is 2. The first-order valence-corrected chi connectivity index (χ1v) is 11.8. The highest BCUT2D eigenvalue weighted by Crippen LogP contribution is 2.31. The third kappa shape index (κ3) is 5.35. The molecule has 3 aromatic rings. The van der Waals surface area contributed by atoms with Crippen LogP contribution in [0, 0.1) is 0 Å². The molecule has 6 heteroatoms. The fourth-order valence-corrected chi connectivity index (χ4v) is 4.91. The first-order valence-electron chi connectivity index (χ1n) is 10.6. The summed E-state index contributed by atoms with van der Waals surface area (Å²) in [4.78, 5) is 29.7. The molecule has 0 bridgehead atoms. The summed E-state index contributed by atoms with van der Waals surface area (Å²) in [5, 5.41) is 5.74. The smallest absolute Gasteiger partial charge is 0.248 e. The Morgan fingerprint density at radius 2 is 1.71 bits per heavy atom. The van der Waals surface area contributed by atoms with Gasteiger partial charge in [0.15, 0.2) is 0 Å². The lowest BCUT2D eigenvalue weighted by molar-refractivity contribution is -0.127. The first kappa shape index (κ1) is 21.6. The maximum Gasteiger partial charge on any atom is 0.248 e. The monoisotopic (exact) mass is 452 g/mol. The highest BCUT2D eigenvalue weighted by Gasteiger charge is 2.34. The Hall–Kier alpha value is -2.63. The molecule has 4 nitrogen and oxygen atoms in total. The highest BCUT2D eigenvalue weighted by molar-refractivity contribution is 7.10. The van der Waals surface area contributed by atoms with E-state index >= 15 is 0 Å². The third-order valence-corrected chi connectivity index (χ3v) is 6.73. The van der Waals surface area contributed by atoms with E-state index in [-0.39, 0.29) is 24.3 Å². The molecule has 160 valence electrons. The van der Waals surface area contributed by atoms with Crippen molar-refractivity contribution in [1.29, 1.82) is 0 Å². The van der Waals surface area contributed by atoms with Crippen LogP contribution in [0.25, 0.3) is 0 Å². The number of carbonyl (C=O) groups is 2. The van der Waals surface area contributed by atoms with E-state index in [0.29, 0.717) is 10.7 Å². The molecule has 1 heterocycles. The van der Waals surface area contributed by atoms with Crippen LogP contribution < -0.4 is 10.2 Å². The Morgan fingerprint density at radius 3 is 2.35 bits per heavy atom. The maximum atomic E-state index is 13.6. The Bertz CT molecular complexity index is 1000. The largest absolute Gasteiger partial charge is 0.351 e. The van der Waals surface area contributed by atoms with Gasteiger partial charge in [-0.25, -0.2) is 0 Å². The molecule has 1 aliphatic carbocycles. The molecular formula is C25H25ClN2O2S. The Labute approximate surface area is 191 Å². The van der Waals surface area contributed by atoms with Crippen LogP contribution in [0.5, 0.6) is 0 Å². The molecule has 0 aliphatic heterocycles. The Kier molecular flexibility index (Phi) is 7.05. The van der Waals surface area contributed by atoms with Gasteiger partial charge in [0.1, 0.15) is 6.04 Å². The highest BCUT2D eigenvalue weighted by atomic mass is 35.5. The van der Waals surface area contributed by atoms with Crippen molar-refractivity contribution in [1.82, 2.24) is 5.32 Å². The zero-order valence-corrected chi connectivity index (χ0v) is 18.7. The number of nitrogens with zero attached hydrogens (tertiary/aromatic N) is 1. The van der Waals surface area contributed by atoms with Crippen LogP contribution >= 0.6 is 22.9 Å². The van der Waals surface area contributed by atoms with E-state index in [9.17, 15) is 9.59 Å². The summed E-state index contributed by atoms with van der Waals surface area (Å²) in [6.45, 7) is 0. The van der Waals surface area contributed by atoms with Gasteiger partial charge < -0.3 is 5.32 Å². The normalized spacial score (nSPS) is 14.9. The number of thiophene rings is 1. The number of nitrogens with one attached hydrogen (secondary N) is 1. The zero-order chi connectivity index (χ0) is 21.6. The van der Waals surface area contributed by atoms with Crippen molar-refractivity contribution in [3.63, 3.8) is 0 Å². The van der Waals surface area contributed by atoms with E-state index in [2.05, 4.69) is 5.32 Å². The molecule has 1 atom stereocenters. The van der Waals surface area contributed by atoms with Gasteiger partial charge in [0.05, 0.1) is 6.42 Å². The van der Waals surface area contributed by atoms with Crippen LogP contribution in [0.1, 0.15) is 42.2 Å². The van der Waals surface area contributed by atoms with Gasteiger partial charge in [0, 0.05) is 21.6 Å². The molecule has 2 amide bonds. The lowest BCUT2D eigenvalue weighted by Gasteiger charge is -2.32. The number of amides is 2. The van der Waals surface area contributed by atoms with E-state index in [4.69, 9.17) is 11.6 Å². The van der Waals surface area contributed by atoms with E-state index < -0.39 is 6.04 Å². The van der Waals surface area contributed by atoms with Crippen LogP contribution in [0.2, 0.25) is 5.02 Å². The summed E-state index contributed by atoms with van der Waals surface area (Å²) in [6, 6.07) is 19.9. The Balaban J connectivity index is 1.73. The van der Waals surface area contributed by atoms with Crippen LogP contribution in [-0.4, -0.2) is 17.9 Å². The van der Waals surface area contributed by atoms with Gasteiger partial charge in [0.2, 0.25) is 11.8 Å². The second-order valence-electron chi connectivity index (χ2n) is 7.80. The molecule has 1 aliphatic rings. The lowest BCUT2D eigenvalue weighted by atomic mass is 10.0. The van der Waals surface area contributed by atoms with Gasteiger partial charge in [-0.3, -0.25) is 14.5 Å². The van der Waals surface area contributed by atoms with E-state index in [1.54, 1.807) is 29.2 Å². The minimum atomic E-state index is -0.754. The van der Waals surface area contributed by atoms with Gasteiger partial charge in [0.25, 0.3) is 0 Å². The minimum Gasteiger partial charge on any atom is -0.351 e. The van der Waals surface area contributed by atoms with Gasteiger partial charge in [-0.05, 0) is 54.1 Å². The fraction of sp³-hybridized carbons (Fsp3) is 0.280. The molecule has 1 saturated carbocycles. The second-order valence-corrected chi connectivity index (χ2v) is 9.27. The minimum absolute atomic E-state index is 0.125. The van der Waals surface area contributed by atoms with Gasteiger partial charge in [-0.15, -0.1) is 11.3 Å². The first-order chi connectivity index (χ1) is 15.1. The van der Waals surface area contributed by atoms with E-state index in [0.717, 1.165) is 36.1 Å². The number of hydrogen-bond donors (Lipinski definition) is 1. The van der Waals surface area contributed by atoms with Crippen molar-refractivity contribution < 1.29 is 9.59 Å². The summed E-state index contributed by atoms with van der Waals surface area (Å²) in [5.41, 5.74) is 1.44. The van der Waals surface area contributed by atoms with Crippen molar-refractivity contribution in [2.75, 3.05) is 4.90 Å². The number of halogens is 1. The summed E-state index contributed by atoms with van der Waals surface area (Å²) in [6.07, 6.45) is 4.45. The summed E-state index contributed by atoms with van der Waals surface area (Å²) < 4.78 is 0. The molecule has 4 rings (SSSR count). The fourth-order valence-electron chi connectivity index (χ4n) is 4.09.